The molecule has 0 aliphatic carbocycles. The number of halogens is 1. The van der Waals surface area contributed by atoms with E-state index in [1.54, 1.807) is 6.20 Å². The first kappa shape index (κ1) is 13.1. The molecule has 0 aliphatic heterocycles. The van der Waals surface area contributed by atoms with Gasteiger partial charge in [0.15, 0.2) is 0 Å². The number of fused-ring (bicyclic) bond motifs is 1. The van der Waals surface area contributed by atoms with Crippen molar-refractivity contribution in [1.82, 2.24) is 9.78 Å². The van der Waals surface area contributed by atoms with Gasteiger partial charge in [-0.25, -0.2) is 4.79 Å². The van der Waals surface area contributed by atoms with Gasteiger partial charge in [-0.05, 0) is 39.3 Å². The number of aryl methyl sites for hydroxylation is 1. The topological polar surface area (TPSA) is 44.1 Å². The van der Waals surface area contributed by atoms with E-state index < -0.39 is 11.7 Å². The smallest absolute Gasteiger partial charge is 0.435 e. The van der Waals surface area contributed by atoms with Crippen molar-refractivity contribution in [2.24, 2.45) is 0 Å². The highest BCUT2D eigenvalue weighted by Crippen LogP contribution is 2.26. The number of rotatable bonds is 0. The predicted molar refractivity (Wildman–Crippen MR) is 73.8 cm³/mol. The molecule has 0 amide bonds. The average Bonchev–Trinajstić information content (AvgIpc) is 2.66. The average molecular weight is 311 g/mol. The van der Waals surface area contributed by atoms with Crippen LogP contribution in [0, 0.1) is 6.92 Å². The van der Waals surface area contributed by atoms with Gasteiger partial charge in [-0.15, -0.1) is 0 Å². The lowest BCUT2D eigenvalue weighted by Gasteiger charge is -2.19. The lowest BCUT2D eigenvalue weighted by molar-refractivity contribution is 0.0522. The van der Waals surface area contributed by atoms with Crippen molar-refractivity contribution in [2.45, 2.75) is 33.3 Å². The Kier molecular flexibility index (Phi) is 3.19. The van der Waals surface area contributed by atoms with E-state index in [1.165, 1.54) is 4.68 Å². The number of aromatic nitrogens is 2. The Hall–Kier alpha value is -1.36. The molecule has 2 rings (SSSR count). The number of hydrogen-bond acceptors (Lipinski definition) is 3. The van der Waals surface area contributed by atoms with E-state index in [4.69, 9.17) is 4.74 Å². The van der Waals surface area contributed by atoms with Crippen molar-refractivity contribution < 1.29 is 9.53 Å². The summed E-state index contributed by atoms with van der Waals surface area (Å²) in [5.41, 5.74) is 1.23. The molecule has 0 spiro atoms. The summed E-state index contributed by atoms with van der Waals surface area (Å²) in [6, 6.07) is 3.88. The summed E-state index contributed by atoms with van der Waals surface area (Å²) in [5.74, 6) is 0. The zero-order valence-corrected chi connectivity index (χ0v) is 12.4. The third kappa shape index (κ3) is 2.41. The number of nitrogens with zero attached hydrogens (tertiary/aromatic N) is 2. The molecule has 0 aliphatic rings. The maximum atomic E-state index is 12.1. The highest BCUT2D eigenvalue weighted by Gasteiger charge is 2.21. The number of ether oxygens (including phenoxy) is 1. The molecule has 0 saturated heterocycles. The van der Waals surface area contributed by atoms with Crippen LogP contribution in [-0.4, -0.2) is 21.5 Å². The minimum absolute atomic E-state index is 0.460. The maximum absolute atomic E-state index is 12.1. The van der Waals surface area contributed by atoms with Crippen molar-refractivity contribution in [3.05, 3.63) is 28.4 Å². The van der Waals surface area contributed by atoms with Crippen molar-refractivity contribution in [3.63, 3.8) is 0 Å². The van der Waals surface area contributed by atoms with Gasteiger partial charge in [-0.1, -0.05) is 22.0 Å². The molecular weight excluding hydrogens is 296 g/mol. The van der Waals surface area contributed by atoms with Gasteiger partial charge in [0.2, 0.25) is 0 Å². The van der Waals surface area contributed by atoms with Gasteiger partial charge >= 0.3 is 6.09 Å². The van der Waals surface area contributed by atoms with Crippen LogP contribution >= 0.6 is 15.9 Å². The van der Waals surface area contributed by atoms with E-state index in [2.05, 4.69) is 21.0 Å². The SMILES string of the molecule is Cc1ccc(Br)c2cnn(C(=O)OC(C)(C)C)c12. The third-order valence-corrected chi connectivity index (χ3v) is 3.14. The highest BCUT2D eigenvalue weighted by atomic mass is 79.9. The Morgan fingerprint density at radius 3 is 2.67 bits per heavy atom. The van der Waals surface area contributed by atoms with E-state index in [9.17, 15) is 4.79 Å². The molecule has 0 radical (unpaired) electrons. The Balaban J connectivity index is 2.53. The summed E-state index contributed by atoms with van der Waals surface area (Å²) in [6.45, 7) is 7.44. The standard InChI is InChI=1S/C13H15BrN2O2/c1-8-5-6-10(14)9-7-15-16(11(8)9)12(17)18-13(2,3)4/h5-7H,1-4H3. The Morgan fingerprint density at radius 1 is 1.39 bits per heavy atom. The molecule has 0 saturated carbocycles. The molecule has 1 aromatic carbocycles. The second-order valence-electron chi connectivity index (χ2n) is 5.16. The van der Waals surface area contributed by atoms with Crippen LogP contribution in [-0.2, 0) is 4.74 Å². The normalized spacial score (nSPS) is 11.8. The first-order valence-electron chi connectivity index (χ1n) is 5.66. The quantitative estimate of drug-likeness (QED) is 0.741. The van der Waals surface area contributed by atoms with Crippen LogP contribution in [0.2, 0.25) is 0 Å². The van der Waals surface area contributed by atoms with Gasteiger partial charge in [0.25, 0.3) is 0 Å². The van der Waals surface area contributed by atoms with Crippen molar-refractivity contribution in [3.8, 4) is 0 Å². The van der Waals surface area contributed by atoms with Gasteiger partial charge in [0.1, 0.15) is 5.60 Å². The molecule has 2 aromatic rings. The predicted octanol–water partition coefficient (Wildman–Crippen LogP) is 3.89. The summed E-state index contributed by atoms with van der Waals surface area (Å²) in [4.78, 5) is 12.1. The third-order valence-electron chi connectivity index (χ3n) is 2.45. The van der Waals surface area contributed by atoms with Crippen LogP contribution in [0.1, 0.15) is 26.3 Å². The molecule has 5 heteroatoms. The van der Waals surface area contributed by atoms with Crippen LogP contribution < -0.4 is 0 Å². The molecule has 0 N–H and O–H groups in total. The monoisotopic (exact) mass is 310 g/mol. The first-order chi connectivity index (χ1) is 8.29. The van der Waals surface area contributed by atoms with Crippen molar-refractivity contribution in [1.29, 1.82) is 0 Å². The van der Waals surface area contributed by atoms with Gasteiger partial charge in [-0.3, -0.25) is 0 Å². The summed E-state index contributed by atoms with van der Waals surface area (Å²) in [7, 11) is 0. The molecule has 0 unspecified atom stereocenters. The second-order valence-corrected chi connectivity index (χ2v) is 6.02. The maximum Gasteiger partial charge on any atom is 0.435 e. The minimum atomic E-state index is -0.532. The van der Waals surface area contributed by atoms with Crippen LogP contribution in [0.4, 0.5) is 4.79 Å². The highest BCUT2D eigenvalue weighted by molar-refractivity contribution is 9.10. The van der Waals surface area contributed by atoms with E-state index in [-0.39, 0.29) is 0 Å². The molecule has 1 aromatic heterocycles. The lowest BCUT2D eigenvalue weighted by atomic mass is 10.2. The summed E-state index contributed by atoms with van der Waals surface area (Å²) < 4.78 is 7.55. The second kappa shape index (κ2) is 4.39. The molecule has 1 heterocycles. The fourth-order valence-electron chi connectivity index (χ4n) is 1.71. The summed E-state index contributed by atoms with van der Waals surface area (Å²) in [6.07, 6.45) is 1.20. The molecule has 18 heavy (non-hydrogen) atoms. The minimum Gasteiger partial charge on any atom is -0.442 e. The van der Waals surface area contributed by atoms with E-state index in [0.29, 0.717) is 0 Å². The summed E-state index contributed by atoms with van der Waals surface area (Å²) in [5, 5.41) is 5.02. The summed E-state index contributed by atoms with van der Waals surface area (Å²) >= 11 is 3.45. The molecule has 0 atom stereocenters. The zero-order chi connectivity index (χ0) is 13.5. The Morgan fingerprint density at radius 2 is 2.06 bits per heavy atom. The lowest BCUT2D eigenvalue weighted by Crippen LogP contribution is -2.27. The number of hydrogen-bond donors (Lipinski definition) is 0. The van der Waals surface area contributed by atoms with E-state index in [1.807, 2.05) is 39.8 Å². The fraction of sp³-hybridized carbons (Fsp3) is 0.385. The van der Waals surface area contributed by atoms with Gasteiger partial charge in [-0.2, -0.15) is 9.78 Å². The molecule has 96 valence electrons. The van der Waals surface area contributed by atoms with Crippen LogP contribution in [0.3, 0.4) is 0 Å². The molecule has 0 fully saturated rings. The van der Waals surface area contributed by atoms with Gasteiger partial charge < -0.3 is 4.74 Å². The number of carbonyl (C=O) groups is 1. The van der Waals surface area contributed by atoms with E-state index >= 15 is 0 Å². The largest absolute Gasteiger partial charge is 0.442 e. The Labute approximate surface area is 114 Å². The van der Waals surface area contributed by atoms with E-state index in [0.717, 1.165) is 20.9 Å². The van der Waals surface area contributed by atoms with Gasteiger partial charge in [0.05, 0.1) is 11.7 Å². The van der Waals surface area contributed by atoms with Crippen LogP contribution in [0.5, 0.6) is 0 Å². The number of benzene rings is 1. The molecule has 4 nitrogen and oxygen atoms in total. The fourth-order valence-corrected chi connectivity index (χ4v) is 2.14. The molecular formula is C13H15BrN2O2. The van der Waals surface area contributed by atoms with Crippen molar-refractivity contribution in [2.75, 3.05) is 0 Å². The zero-order valence-electron chi connectivity index (χ0n) is 10.8. The first-order valence-corrected chi connectivity index (χ1v) is 6.45. The molecule has 0 bridgehead atoms. The van der Waals surface area contributed by atoms with Crippen LogP contribution in [0.25, 0.3) is 10.9 Å². The van der Waals surface area contributed by atoms with Crippen molar-refractivity contribution >= 4 is 32.9 Å². The van der Waals surface area contributed by atoms with Crippen LogP contribution in [0.15, 0.2) is 22.8 Å². The van der Waals surface area contributed by atoms with Gasteiger partial charge in [0, 0.05) is 9.86 Å². The Bertz CT molecular complexity index is 611. The number of carbonyl (C=O) groups excluding carboxylic acids is 1.